The zero-order valence-electron chi connectivity index (χ0n) is 17.0. The first-order valence-electron chi connectivity index (χ1n) is 10.0. The summed E-state index contributed by atoms with van der Waals surface area (Å²) in [7, 11) is 0. The Hall–Kier alpha value is -2.70. The van der Waals surface area contributed by atoms with E-state index in [1.807, 2.05) is 13.8 Å². The lowest BCUT2D eigenvalue weighted by molar-refractivity contribution is 0.295. The van der Waals surface area contributed by atoms with Crippen LogP contribution in [-0.2, 0) is 11.8 Å². The highest BCUT2D eigenvalue weighted by Crippen LogP contribution is 2.48. The Morgan fingerprint density at radius 1 is 1.14 bits per heavy atom. The van der Waals surface area contributed by atoms with E-state index in [0.29, 0.717) is 24.1 Å². The van der Waals surface area contributed by atoms with Crippen molar-refractivity contribution in [2.45, 2.75) is 58.3 Å². The Bertz CT molecular complexity index is 1030. The van der Waals surface area contributed by atoms with Crippen molar-refractivity contribution >= 4 is 0 Å². The molecule has 1 aliphatic carbocycles. The van der Waals surface area contributed by atoms with Crippen LogP contribution in [0.25, 0.3) is 11.3 Å². The molecule has 5 nitrogen and oxygen atoms in total. The van der Waals surface area contributed by atoms with E-state index in [4.69, 9.17) is 4.42 Å². The van der Waals surface area contributed by atoms with Crippen molar-refractivity contribution in [1.82, 2.24) is 20.4 Å². The van der Waals surface area contributed by atoms with Crippen LogP contribution in [0.1, 0.15) is 69.5 Å². The van der Waals surface area contributed by atoms with Gasteiger partial charge in [0, 0.05) is 6.42 Å². The highest BCUT2D eigenvalue weighted by molar-refractivity contribution is 5.62. The SMILES string of the molecule is CCc1nnc(C2(C)CCC(C(C)C)c3cc(-c4c(F)cccc4F)nnc32)o1. The predicted molar refractivity (Wildman–Crippen MR) is 104 cm³/mol. The molecule has 0 saturated heterocycles. The highest BCUT2D eigenvalue weighted by Gasteiger charge is 2.44. The largest absolute Gasteiger partial charge is 0.424 e. The monoisotopic (exact) mass is 398 g/mol. The number of aryl methyl sites for hydroxylation is 1. The molecule has 2 atom stereocenters. The van der Waals surface area contributed by atoms with E-state index in [0.717, 1.165) is 24.1 Å². The van der Waals surface area contributed by atoms with Gasteiger partial charge in [-0.1, -0.05) is 26.8 Å². The van der Waals surface area contributed by atoms with Gasteiger partial charge in [0.2, 0.25) is 11.8 Å². The van der Waals surface area contributed by atoms with Gasteiger partial charge < -0.3 is 4.42 Å². The molecule has 0 N–H and O–H groups in total. The Morgan fingerprint density at radius 3 is 2.48 bits per heavy atom. The van der Waals surface area contributed by atoms with Gasteiger partial charge in [-0.2, -0.15) is 5.10 Å². The molecule has 0 bridgehead atoms. The minimum absolute atomic E-state index is 0.149. The van der Waals surface area contributed by atoms with Crippen molar-refractivity contribution < 1.29 is 13.2 Å². The quantitative estimate of drug-likeness (QED) is 0.604. The zero-order valence-corrected chi connectivity index (χ0v) is 17.0. The Kier molecular flexibility index (Phi) is 4.92. The summed E-state index contributed by atoms with van der Waals surface area (Å²) >= 11 is 0. The lowest BCUT2D eigenvalue weighted by Gasteiger charge is -2.37. The van der Waals surface area contributed by atoms with Gasteiger partial charge in [0.25, 0.3) is 0 Å². The van der Waals surface area contributed by atoms with E-state index in [2.05, 4.69) is 34.2 Å². The van der Waals surface area contributed by atoms with E-state index < -0.39 is 17.0 Å². The highest BCUT2D eigenvalue weighted by atomic mass is 19.1. The van der Waals surface area contributed by atoms with Gasteiger partial charge >= 0.3 is 0 Å². The van der Waals surface area contributed by atoms with Crippen molar-refractivity contribution in [2.24, 2.45) is 5.92 Å². The fourth-order valence-electron chi connectivity index (χ4n) is 4.22. The van der Waals surface area contributed by atoms with E-state index in [1.54, 1.807) is 6.07 Å². The molecule has 0 saturated carbocycles. The van der Waals surface area contributed by atoms with Gasteiger partial charge in [0.15, 0.2) is 0 Å². The molecule has 4 rings (SSSR count). The molecule has 7 heteroatoms. The number of benzene rings is 1. The maximum Gasteiger partial charge on any atom is 0.228 e. The molecule has 1 aliphatic rings. The third kappa shape index (κ3) is 3.22. The predicted octanol–water partition coefficient (Wildman–Crippen LogP) is 5.21. The van der Waals surface area contributed by atoms with Crippen LogP contribution in [0.5, 0.6) is 0 Å². The van der Waals surface area contributed by atoms with Crippen LogP contribution in [0.3, 0.4) is 0 Å². The second kappa shape index (κ2) is 7.28. The summed E-state index contributed by atoms with van der Waals surface area (Å²) in [5.41, 5.74) is 1.16. The first-order chi connectivity index (χ1) is 13.8. The van der Waals surface area contributed by atoms with Crippen LogP contribution in [-0.4, -0.2) is 20.4 Å². The first-order valence-corrected chi connectivity index (χ1v) is 10.0. The van der Waals surface area contributed by atoms with Gasteiger partial charge in [-0.05, 0) is 55.4 Å². The second-order valence-corrected chi connectivity index (χ2v) is 8.21. The molecule has 29 heavy (non-hydrogen) atoms. The van der Waals surface area contributed by atoms with Crippen LogP contribution in [0.2, 0.25) is 0 Å². The average molecular weight is 398 g/mol. The molecule has 0 fully saturated rings. The molecule has 0 aliphatic heterocycles. The third-order valence-electron chi connectivity index (χ3n) is 5.97. The molecular formula is C22H24F2N4O. The lowest BCUT2D eigenvalue weighted by atomic mass is 9.67. The van der Waals surface area contributed by atoms with E-state index >= 15 is 0 Å². The lowest BCUT2D eigenvalue weighted by Crippen LogP contribution is -2.34. The zero-order chi connectivity index (χ0) is 20.8. The summed E-state index contributed by atoms with van der Waals surface area (Å²) in [5.74, 6) is 0.334. The molecule has 2 unspecified atom stereocenters. The van der Waals surface area contributed by atoms with Gasteiger partial charge in [0.1, 0.15) is 11.6 Å². The van der Waals surface area contributed by atoms with Gasteiger partial charge in [-0.25, -0.2) is 8.78 Å². The van der Waals surface area contributed by atoms with Gasteiger partial charge in [-0.15, -0.1) is 15.3 Å². The maximum absolute atomic E-state index is 14.3. The van der Waals surface area contributed by atoms with Crippen LogP contribution in [0.15, 0.2) is 28.7 Å². The van der Waals surface area contributed by atoms with Gasteiger partial charge in [-0.3, -0.25) is 0 Å². The number of aromatic nitrogens is 4. The average Bonchev–Trinajstić information content (AvgIpc) is 3.18. The molecule has 1 aromatic carbocycles. The maximum atomic E-state index is 14.3. The molecule has 2 heterocycles. The van der Waals surface area contributed by atoms with E-state index in [9.17, 15) is 8.78 Å². The van der Waals surface area contributed by atoms with Crippen molar-refractivity contribution in [3.63, 3.8) is 0 Å². The third-order valence-corrected chi connectivity index (χ3v) is 5.97. The number of hydrogen-bond donors (Lipinski definition) is 0. The van der Waals surface area contributed by atoms with Crippen molar-refractivity contribution in [3.8, 4) is 11.3 Å². The Morgan fingerprint density at radius 2 is 1.86 bits per heavy atom. The number of rotatable bonds is 4. The normalized spacial score (nSPS) is 21.4. The van der Waals surface area contributed by atoms with E-state index in [1.165, 1.54) is 18.2 Å². The smallest absolute Gasteiger partial charge is 0.228 e. The Balaban J connectivity index is 1.89. The molecule has 3 aromatic rings. The van der Waals surface area contributed by atoms with Crippen molar-refractivity contribution in [1.29, 1.82) is 0 Å². The Labute approximate surface area is 168 Å². The summed E-state index contributed by atoms with van der Waals surface area (Å²) in [4.78, 5) is 0. The van der Waals surface area contributed by atoms with Crippen LogP contribution < -0.4 is 0 Å². The fraction of sp³-hybridized carbons (Fsp3) is 0.455. The molecule has 0 spiro atoms. The van der Waals surface area contributed by atoms with E-state index in [-0.39, 0.29) is 17.2 Å². The molecule has 152 valence electrons. The second-order valence-electron chi connectivity index (χ2n) is 8.21. The summed E-state index contributed by atoms with van der Waals surface area (Å²) in [6.07, 6.45) is 2.33. The molecule has 0 amide bonds. The molecule has 0 radical (unpaired) electrons. The minimum atomic E-state index is -0.650. The summed E-state index contributed by atoms with van der Waals surface area (Å²) in [6.45, 7) is 8.26. The summed E-state index contributed by atoms with van der Waals surface area (Å²) in [6, 6.07) is 5.58. The van der Waals surface area contributed by atoms with Crippen LogP contribution >= 0.6 is 0 Å². The topological polar surface area (TPSA) is 64.7 Å². The summed E-state index contributed by atoms with van der Waals surface area (Å²) in [5, 5.41) is 17.0. The number of fused-ring (bicyclic) bond motifs is 1. The number of hydrogen-bond acceptors (Lipinski definition) is 5. The van der Waals surface area contributed by atoms with Crippen LogP contribution in [0.4, 0.5) is 8.78 Å². The first kappa shape index (κ1) is 19.6. The number of nitrogens with zero attached hydrogens (tertiary/aromatic N) is 4. The van der Waals surface area contributed by atoms with Gasteiger partial charge in [0.05, 0.1) is 22.4 Å². The van der Waals surface area contributed by atoms with Crippen molar-refractivity contribution in [2.75, 3.05) is 0 Å². The molecular weight excluding hydrogens is 374 g/mol. The minimum Gasteiger partial charge on any atom is -0.424 e. The molecule has 2 aromatic heterocycles. The number of halogens is 2. The van der Waals surface area contributed by atoms with Crippen molar-refractivity contribution in [3.05, 3.63) is 58.9 Å². The standard InChI is InChI=1S/C22H24F2N4O/c1-5-18-26-28-21(29-18)22(4)10-9-13(12(2)3)14-11-17(25-27-20(14)22)19-15(23)7-6-8-16(19)24/h6-8,11-13H,5,9-10H2,1-4H3. The summed E-state index contributed by atoms with van der Waals surface area (Å²) < 4.78 is 34.6. The fourth-order valence-corrected chi connectivity index (χ4v) is 4.22. The van der Waals surface area contributed by atoms with Crippen LogP contribution in [0, 0.1) is 17.6 Å².